The molecule has 4 nitrogen and oxygen atoms in total. The van der Waals surface area contributed by atoms with Crippen molar-refractivity contribution in [2.75, 3.05) is 6.61 Å². The quantitative estimate of drug-likeness (QED) is 0.0572. The Morgan fingerprint density at radius 2 is 0.732 bits per heavy atom. The molecule has 1 atom stereocenters. The van der Waals surface area contributed by atoms with Gasteiger partial charge in [0.1, 0.15) is 12.7 Å². The summed E-state index contributed by atoms with van der Waals surface area (Å²) >= 11 is 0. The lowest BCUT2D eigenvalue weighted by molar-refractivity contribution is -0.159. The molecule has 0 aromatic heterocycles. The highest BCUT2D eigenvalue weighted by atomic mass is 16.6. The molecule has 244 valence electrons. The van der Waals surface area contributed by atoms with Crippen LogP contribution in [-0.2, 0) is 19.1 Å². The Hall–Kier alpha value is -1.06. The van der Waals surface area contributed by atoms with Gasteiger partial charge in [0.05, 0.1) is 0 Å². The lowest BCUT2D eigenvalue weighted by Crippen LogP contribution is -2.25. The molecule has 0 aliphatic carbocycles. The van der Waals surface area contributed by atoms with Crippen LogP contribution in [-0.4, -0.2) is 24.6 Å². The van der Waals surface area contributed by atoms with Crippen LogP contribution in [0.25, 0.3) is 0 Å². The van der Waals surface area contributed by atoms with E-state index in [2.05, 4.69) is 20.8 Å². The summed E-state index contributed by atoms with van der Waals surface area (Å²) < 4.78 is 11.1. The summed E-state index contributed by atoms with van der Waals surface area (Å²) in [5.74, 6) is -0.291. The second kappa shape index (κ2) is 33.4. The van der Waals surface area contributed by atoms with Gasteiger partial charge in [-0.2, -0.15) is 0 Å². The van der Waals surface area contributed by atoms with E-state index < -0.39 is 0 Å². The van der Waals surface area contributed by atoms with Gasteiger partial charge in [-0.05, 0) is 19.3 Å². The summed E-state index contributed by atoms with van der Waals surface area (Å²) in [6, 6.07) is 0. The van der Waals surface area contributed by atoms with E-state index in [0.717, 1.165) is 38.5 Å². The van der Waals surface area contributed by atoms with E-state index in [1.54, 1.807) is 0 Å². The van der Waals surface area contributed by atoms with Crippen LogP contribution in [0.4, 0.5) is 0 Å². The zero-order chi connectivity index (χ0) is 30.1. The molecule has 0 heterocycles. The van der Waals surface area contributed by atoms with Crippen molar-refractivity contribution in [3.05, 3.63) is 0 Å². The maximum Gasteiger partial charge on any atom is 0.306 e. The first-order valence-corrected chi connectivity index (χ1v) is 18.5. The molecule has 0 aromatic carbocycles. The molecule has 0 amide bonds. The smallest absolute Gasteiger partial charge is 0.306 e. The Bertz CT molecular complexity index is 547. The van der Waals surface area contributed by atoms with Gasteiger partial charge in [0.15, 0.2) is 0 Å². The maximum atomic E-state index is 12.3. The van der Waals surface area contributed by atoms with E-state index in [4.69, 9.17) is 9.47 Å². The van der Waals surface area contributed by atoms with E-state index in [9.17, 15) is 9.59 Å². The molecule has 41 heavy (non-hydrogen) atoms. The summed E-state index contributed by atoms with van der Waals surface area (Å²) in [4.78, 5) is 24.5. The first kappa shape index (κ1) is 39.9. The first-order chi connectivity index (χ1) is 20.1. The molecule has 0 spiro atoms. The molecule has 0 rings (SSSR count). The fourth-order valence-electron chi connectivity index (χ4n) is 5.58. The van der Waals surface area contributed by atoms with Crippen molar-refractivity contribution in [3.8, 4) is 0 Å². The average molecular weight is 581 g/mol. The van der Waals surface area contributed by atoms with Crippen LogP contribution < -0.4 is 0 Å². The topological polar surface area (TPSA) is 52.6 Å². The minimum atomic E-state index is -0.301. The highest BCUT2D eigenvalue weighted by Crippen LogP contribution is 2.15. The Kier molecular flexibility index (Phi) is 32.6. The van der Waals surface area contributed by atoms with Crippen LogP contribution in [0.15, 0.2) is 0 Å². The van der Waals surface area contributed by atoms with Gasteiger partial charge in [0, 0.05) is 12.8 Å². The van der Waals surface area contributed by atoms with Crippen LogP contribution >= 0.6 is 0 Å². The molecule has 1 unspecified atom stereocenters. The predicted octanol–water partition coefficient (Wildman–Crippen LogP) is 12.2. The van der Waals surface area contributed by atoms with Crippen molar-refractivity contribution in [2.24, 2.45) is 0 Å². The summed E-state index contributed by atoms with van der Waals surface area (Å²) in [7, 11) is 0. The third-order valence-corrected chi connectivity index (χ3v) is 8.31. The lowest BCUT2D eigenvalue weighted by atomic mass is 10.0. The number of ether oxygens (including phenoxy) is 2. The fourth-order valence-corrected chi connectivity index (χ4v) is 5.58. The molecular formula is C37H72O4. The molecule has 0 saturated carbocycles. The lowest BCUT2D eigenvalue weighted by Gasteiger charge is -2.17. The van der Waals surface area contributed by atoms with Gasteiger partial charge in [0.25, 0.3) is 0 Å². The number of unbranched alkanes of at least 4 members (excludes halogenated alkanes) is 24. The van der Waals surface area contributed by atoms with Crippen molar-refractivity contribution in [3.63, 3.8) is 0 Å². The monoisotopic (exact) mass is 581 g/mol. The molecule has 4 heteroatoms. The van der Waals surface area contributed by atoms with Crippen molar-refractivity contribution >= 4 is 11.9 Å². The second-order valence-electron chi connectivity index (χ2n) is 12.6. The third kappa shape index (κ3) is 31.7. The van der Waals surface area contributed by atoms with E-state index >= 15 is 0 Å². The number of hydrogen-bond donors (Lipinski definition) is 0. The highest BCUT2D eigenvalue weighted by Gasteiger charge is 2.16. The molecule has 0 bridgehead atoms. The second-order valence-corrected chi connectivity index (χ2v) is 12.6. The van der Waals surface area contributed by atoms with E-state index in [1.165, 1.54) is 141 Å². The number of carbonyl (C=O) groups excluding carboxylic acids is 2. The number of esters is 2. The summed E-state index contributed by atoms with van der Waals surface area (Å²) in [5.41, 5.74) is 0. The fraction of sp³-hybridized carbons (Fsp3) is 0.946. The molecule has 0 aliphatic heterocycles. The van der Waals surface area contributed by atoms with E-state index in [0.29, 0.717) is 12.8 Å². The van der Waals surface area contributed by atoms with Crippen molar-refractivity contribution < 1.29 is 19.1 Å². The Morgan fingerprint density at radius 3 is 1.07 bits per heavy atom. The van der Waals surface area contributed by atoms with Crippen LogP contribution in [0.2, 0.25) is 0 Å². The predicted molar refractivity (Wildman–Crippen MR) is 176 cm³/mol. The summed E-state index contributed by atoms with van der Waals surface area (Å²) in [5, 5.41) is 0. The molecule has 0 radical (unpaired) electrons. The van der Waals surface area contributed by atoms with Crippen molar-refractivity contribution in [1.29, 1.82) is 0 Å². The summed E-state index contributed by atoms with van der Waals surface area (Å²) in [6.45, 7) is 6.82. The Morgan fingerprint density at radius 1 is 0.415 bits per heavy atom. The molecule has 0 aliphatic rings. The zero-order valence-corrected chi connectivity index (χ0v) is 28.1. The van der Waals surface area contributed by atoms with E-state index in [1.807, 2.05) is 0 Å². The molecular weight excluding hydrogens is 508 g/mol. The average Bonchev–Trinajstić information content (AvgIpc) is 2.96. The molecule has 0 fully saturated rings. The van der Waals surface area contributed by atoms with Gasteiger partial charge in [-0.25, -0.2) is 0 Å². The van der Waals surface area contributed by atoms with Gasteiger partial charge >= 0.3 is 11.9 Å². The maximum absolute atomic E-state index is 12.3. The molecule has 0 N–H and O–H groups in total. The van der Waals surface area contributed by atoms with Crippen LogP contribution in [0.3, 0.4) is 0 Å². The van der Waals surface area contributed by atoms with Crippen molar-refractivity contribution in [1.82, 2.24) is 0 Å². The minimum absolute atomic E-state index is 0.140. The van der Waals surface area contributed by atoms with Gasteiger partial charge in [0.2, 0.25) is 0 Å². The summed E-state index contributed by atoms with van der Waals surface area (Å²) in [6.07, 6.45) is 36.0. The molecule has 0 saturated heterocycles. The van der Waals surface area contributed by atoms with Crippen molar-refractivity contribution in [2.45, 2.75) is 219 Å². The highest BCUT2D eigenvalue weighted by molar-refractivity contribution is 5.70. The van der Waals surface area contributed by atoms with Gasteiger partial charge in [-0.1, -0.05) is 181 Å². The Balaban J connectivity index is 3.63. The largest absolute Gasteiger partial charge is 0.462 e. The van der Waals surface area contributed by atoms with E-state index in [-0.39, 0.29) is 24.6 Å². The van der Waals surface area contributed by atoms with Crippen LogP contribution in [0, 0.1) is 0 Å². The number of carbonyl (C=O) groups is 2. The third-order valence-electron chi connectivity index (χ3n) is 8.31. The molecule has 0 aromatic rings. The zero-order valence-electron chi connectivity index (χ0n) is 28.1. The van der Waals surface area contributed by atoms with Gasteiger partial charge < -0.3 is 9.47 Å². The standard InChI is InChI=1S/C37H72O4/c1-4-7-9-11-13-15-17-19-21-23-25-27-29-32-36(38)40-34-35(31-6-3)41-37(39)33-30-28-26-24-22-20-18-16-14-12-10-8-5-2/h35H,4-34H2,1-3H3. The normalized spacial score (nSPS) is 12.0. The van der Waals surface area contributed by atoms with Crippen LogP contribution in [0.1, 0.15) is 213 Å². The van der Waals surface area contributed by atoms with Gasteiger partial charge in [-0.3, -0.25) is 9.59 Å². The number of hydrogen-bond acceptors (Lipinski definition) is 4. The van der Waals surface area contributed by atoms with Crippen LogP contribution in [0.5, 0.6) is 0 Å². The first-order valence-electron chi connectivity index (χ1n) is 18.5. The van der Waals surface area contributed by atoms with Gasteiger partial charge in [-0.15, -0.1) is 0 Å². The minimum Gasteiger partial charge on any atom is -0.462 e. The Labute approximate surface area is 256 Å². The number of rotatable bonds is 33. The SMILES string of the molecule is CCCCCCCCCCCCCCCC(=O)OCC(CCC)OC(=O)CCCCCCCCCCCCCCC.